The molecule has 1 unspecified atom stereocenters. The van der Waals surface area contributed by atoms with Gasteiger partial charge in [0.2, 0.25) is 0 Å². The van der Waals surface area contributed by atoms with Crippen molar-refractivity contribution in [1.29, 1.82) is 0 Å². The Bertz CT molecular complexity index is 515. The zero-order chi connectivity index (χ0) is 12.3. The van der Waals surface area contributed by atoms with Crippen molar-refractivity contribution in [3.05, 3.63) is 36.7 Å². The van der Waals surface area contributed by atoms with Gasteiger partial charge in [-0.1, -0.05) is 12.1 Å². The number of aliphatic hydroxyl groups excluding tert-OH is 1. The number of nitrogen functional groups attached to an aromatic ring is 1. The van der Waals surface area contributed by atoms with E-state index in [-0.39, 0.29) is 0 Å². The molecule has 2 rings (SSSR count). The van der Waals surface area contributed by atoms with Crippen LogP contribution in [0, 0.1) is 0 Å². The molecule has 1 aromatic heterocycles. The summed E-state index contributed by atoms with van der Waals surface area (Å²) in [5, 5.41) is 9.25. The third-order valence-corrected chi connectivity index (χ3v) is 2.11. The molecular formula is C12H13N3O2. The minimum absolute atomic E-state index is 0.342. The van der Waals surface area contributed by atoms with Crippen LogP contribution in [0.4, 0.5) is 5.82 Å². The van der Waals surface area contributed by atoms with Crippen molar-refractivity contribution in [2.45, 2.75) is 13.2 Å². The Hall–Kier alpha value is -2.14. The van der Waals surface area contributed by atoms with Gasteiger partial charge in [-0.3, -0.25) is 4.98 Å². The smallest absolute Gasteiger partial charge is 0.194 e. The SMILES string of the molecule is CC(O)Oc1ccccc1-c1cncc(N)n1. The lowest BCUT2D eigenvalue weighted by molar-refractivity contribution is 0.000129. The van der Waals surface area contributed by atoms with Crippen LogP contribution in [0.1, 0.15) is 6.92 Å². The molecule has 88 valence electrons. The zero-order valence-electron chi connectivity index (χ0n) is 9.37. The predicted octanol–water partition coefficient (Wildman–Crippen LogP) is 1.44. The molecule has 0 radical (unpaired) electrons. The van der Waals surface area contributed by atoms with Gasteiger partial charge in [0, 0.05) is 5.56 Å². The summed E-state index contributed by atoms with van der Waals surface area (Å²) < 4.78 is 5.29. The van der Waals surface area contributed by atoms with E-state index in [1.165, 1.54) is 6.20 Å². The van der Waals surface area contributed by atoms with Gasteiger partial charge in [0.25, 0.3) is 0 Å². The van der Waals surface area contributed by atoms with Crippen molar-refractivity contribution in [2.75, 3.05) is 5.73 Å². The zero-order valence-corrected chi connectivity index (χ0v) is 9.37. The highest BCUT2D eigenvalue weighted by atomic mass is 16.6. The minimum Gasteiger partial charge on any atom is -0.465 e. The number of benzene rings is 1. The maximum atomic E-state index is 9.25. The van der Waals surface area contributed by atoms with Gasteiger partial charge in [0.1, 0.15) is 11.6 Å². The van der Waals surface area contributed by atoms with Crippen molar-refractivity contribution in [1.82, 2.24) is 9.97 Å². The van der Waals surface area contributed by atoms with E-state index < -0.39 is 6.29 Å². The maximum Gasteiger partial charge on any atom is 0.194 e. The van der Waals surface area contributed by atoms with Crippen LogP contribution in [0.15, 0.2) is 36.7 Å². The van der Waals surface area contributed by atoms with Crippen molar-refractivity contribution in [2.24, 2.45) is 0 Å². The lowest BCUT2D eigenvalue weighted by Crippen LogP contribution is -2.10. The van der Waals surface area contributed by atoms with Crippen molar-refractivity contribution >= 4 is 5.82 Å². The molecule has 0 aliphatic rings. The number of hydrogen-bond acceptors (Lipinski definition) is 5. The number of rotatable bonds is 3. The molecule has 1 atom stereocenters. The topological polar surface area (TPSA) is 81.3 Å². The number of para-hydroxylation sites is 1. The molecule has 0 saturated carbocycles. The van der Waals surface area contributed by atoms with Crippen LogP contribution in [0.2, 0.25) is 0 Å². The summed E-state index contributed by atoms with van der Waals surface area (Å²) in [6.45, 7) is 1.54. The monoisotopic (exact) mass is 231 g/mol. The third kappa shape index (κ3) is 2.70. The van der Waals surface area contributed by atoms with Gasteiger partial charge in [-0.25, -0.2) is 4.98 Å². The Labute approximate surface area is 98.9 Å². The Morgan fingerprint density at radius 1 is 1.29 bits per heavy atom. The molecule has 0 amide bonds. The molecule has 0 fully saturated rings. The second kappa shape index (κ2) is 4.80. The van der Waals surface area contributed by atoms with E-state index >= 15 is 0 Å². The quantitative estimate of drug-likeness (QED) is 0.781. The number of nitrogens with zero attached hydrogens (tertiary/aromatic N) is 2. The van der Waals surface area contributed by atoms with Gasteiger partial charge >= 0.3 is 0 Å². The van der Waals surface area contributed by atoms with Gasteiger partial charge in [-0.15, -0.1) is 0 Å². The molecule has 0 spiro atoms. The molecule has 3 N–H and O–H groups in total. The summed E-state index contributed by atoms with van der Waals surface area (Å²) in [5.74, 6) is 0.886. The van der Waals surface area contributed by atoms with E-state index in [0.29, 0.717) is 17.3 Å². The van der Waals surface area contributed by atoms with Crippen molar-refractivity contribution in [3.63, 3.8) is 0 Å². The predicted molar refractivity (Wildman–Crippen MR) is 64.2 cm³/mol. The Morgan fingerprint density at radius 2 is 2.06 bits per heavy atom. The lowest BCUT2D eigenvalue weighted by Gasteiger charge is -2.12. The van der Waals surface area contributed by atoms with E-state index in [1.54, 1.807) is 19.2 Å². The second-order valence-electron chi connectivity index (χ2n) is 3.54. The van der Waals surface area contributed by atoms with E-state index in [9.17, 15) is 5.11 Å². The van der Waals surface area contributed by atoms with E-state index in [0.717, 1.165) is 5.56 Å². The van der Waals surface area contributed by atoms with Gasteiger partial charge in [-0.2, -0.15) is 0 Å². The normalized spacial score (nSPS) is 12.1. The van der Waals surface area contributed by atoms with Crippen LogP contribution in [-0.2, 0) is 0 Å². The first-order valence-corrected chi connectivity index (χ1v) is 5.18. The first-order chi connectivity index (χ1) is 8.16. The van der Waals surface area contributed by atoms with Crippen LogP contribution < -0.4 is 10.5 Å². The summed E-state index contributed by atoms with van der Waals surface area (Å²) in [4.78, 5) is 8.14. The Balaban J connectivity index is 2.44. The molecule has 0 aliphatic heterocycles. The summed E-state index contributed by atoms with van der Waals surface area (Å²) in [5.41, 5.74) is 6.94. The summed E-state index contributed by atoms with van der Waals surface area (Å²) in [7, 11) is 0. The number of ether oxygens (including phenoxy) is 1. The molecule has 17 heavy (non-hydrogen) atoms. The fraction of sp³-hybridized carbons (Fsp3) is 0.167. The highest BCUT2D eigenvalue weighted by Gasteiger charge is 2.09. The summed E-state index contributed by atoms with van der Waals surface area (Å²) in [6, 6.07) is 7.27. The molecule has 5 nitrogen and oxygen atoms in total. The molecular weight excluding hydrogens is 218 g/mol. The molecule has 0 saturated heterocycles. The van der Waals surface area contributed by atoms with E-state index in [4.69, 9.17) is 10.5 Å². The van der Waals surface area contributed by atoms with Crippen LogP contribution in [0.25, 0.3) is 11.3 Å². The van der Waals surface area contributed by atoms with E-state index in [1.807, 2.05) is 18.2 Å². The molecule has 2 aromatic rings. The number of nitrogens with two attached hydrogens (primary N) is 1. The highest BCUT2D eigenvalue weighted by molar-refractivity contribution is 5.67. The average molecular weight is 231 g/mol. The molecule has 0 bridgehead atoms. The fourth-order valence-electron chi connectivity index (χ4n) is 1.48. The van der Waals surface area contributed by atoms with Gasteiger partial charge < -0.3 is 15.6 Å². The minimum atomic E-state index is -0.884. The summed E-state index contributed by atoms with van der Waals surface area (Å²) >= 11 is 0. The second-order valence-corrected chi connectivity index (χ2v) is 3.54. The highest BCUT2D eigenvalue weighted by Crippen LogP contribution is 2.28. The molecule has 5 heteroatoms. The lowest BCUT2D eigenvalue weighted by atomic mass is 10.1. The first kappa shape index (κ1) is 11.3. The number of aromatic nitrogens is 2. The van der Waals surface area contributed by atoms with Crippen molar-refractivity contribution < 1.29 is 9.84 Å². The number of aliphatic hydroxyl groups is 1. The largest absolute Gasteiger partial charge is 0.465 e. The average Bonchev–Trinajstić information content (AvgIpc) is 2.29. The molecule has 0 aliphatic carbocycles. The van der Waals surface area contributed by atoms with Crippen molar-refractivity contribution in [3.8, 4) is 17.0 Å². The van der Waals surface area contributed by atoms with Gasteiger partial charge in [0.15, 0.2) is 6.29 Å². The van der Waals surface area contributed by atoms with E-state index in [2.05, 4.69) is 9.97 Å². The summed E-state index contributed by atoms with van der Waals surface area (Å²) in [6.07, 6.45) is 2.19. The number of anilines is 1. The van der Waals surface area contributed by atoms with Crippen LogP contribution in [0.3, 0.4) is 0 Å². The number of hydrogen-bond donors (Lipinski definition) is 2. The molecule has 1 heterocycles. The Morgan fingerprint density at radius 3 is 2.76 bits per heavy atom. The molecule has 1 aromatic carbocycles. The van der Waals surface area contributed by atoms with Gasteiger partial charge in [0.05, 0.1) is 18.1 Å². The fourth-order valence-corrected chi connectivity index (χ4v) is 1.48. The van der Waals surface area contributed by atoms with Crippen LogP contribution in [-0.4, -0.2) is 21.4 Å². The maximum absolute atomic E-state index is 9.25. The third-order valence-electron chi connectivity index (χ3n) is 2.11. The first-order valence-electron chi connectivity index (χ1n) is 5.18. The van der Waals surface area contributed by atoms with Crippen LogP contribution >= 0.6 is 0 Å². The van der Waals surface area contributed by atoms with Gasteiger partial charge in [-0.05, 0) is 19.1 Å². The standard InChI is InChI=1S/C12H13N3O2/c1-8(16)17-11-5-3-2-4-9(11)10-6-14-7-12(13)15-10/h2-8,16H,1H3,(H2,13,15). The Kier molecular flexibility index (Phi) is 3.20. The van der Waals surface area contributed by atoms with Crippen LogP contribution in [0.5, 0.6) is 5.75 Å².